The van der Waals surface area contributed by atoms with Gasteiger partial charge in [0.05, 0.1) is 11.0 Å². The molecular formula is C13H19N3O. The highest BCUT2D eigenvalue weighted by molar-refractivity contribution is 5.81. The van der Waals surface area contributed by atoms with E-state index in [1.165, 1.54) is 0 Å². The highest BCUT2D eigenvalue weighted by atomic mass is 16.3. The van der Waals surface area contributed by atoms with Gasteiger partial charge in [0.25, 0.3) is 0 Å². The molecule has 0 amide bonds. The number of aromatic nitrogens is 2. The summed E-state index contributed by atoms with van der Waals surface area (Å²) in [6.07, 6.45) is 0. The third-order valence-corrected chi connectivity index (χ3v) is 3.13. The molecule has 2 rings (SSSR count). The van der Waals surface area contributed by atoms with Crippen LogP contribution in [0.2, 0.25) is 0 Å². The summed E-state index contributed by atoms with van der Waals surface area (Å²) >= 11 is 0. The fourth-order valence-electron chi connectivity index (χ4n) is 2.07. The molecule has 1 aromatic heterocycles. The van der Waals surface area contributed by atoms with E-state index in [9.17, 15) is 5.11 Å². The van der Waals surface area contributed by atoms with E-state index in [2.05, 4.69) is 28.7 Å². The average molecular weight is 233 g/mol. The van der Waals surface area contributed by atoms with Crippen molar-refractivity contribution < 1.29 is 5.11 Å². The van der Waals surface area contributed by atoms with Gasteiger partial charge < -0.3 is 10.1 Å². The maximum Gasteiger partial charge on any atom is 0.122 e. The zero-order valence-electron chi connectivity index (χ0n) is 10.6. The standard InChI is InChI=1S/C13H19N3O/c1-4-16(5-2)8-10-12(17)7-6-11-13(10)15-9(3)14-11/h6-7,17H,4-5,8H2,1-3H3,(H,14,15). The van der Waals surface area contributed by atoms with Crippen molar-refractivity contribution in [1.82, 2.24) is 14.9 Å². The molecule has 0 atom stereocenters. The molecule has 17 heavy (non-hydrogen) atoms. The SMILES string of the molecule is CCN(CC)Cc1c(O)ccc2[nH]c(C)nc12. The molecule has 0 spiro atoms. The van der Waals surface area contributed by atoms with Crippen LogP contribution in [0, 0.1) is 6.92 Å². The van der Waals surface area contributed by atoms with Gasteiger partial charge in [0, 0.05) is 12.1 Å². The van der Waals surface area contributed by atoms with Crippen molar-refractivity contribution in [3.05, 3.63) is 23.5 Å². The van der Waals surface area contributed by atoms with E-state index >= 15 is 0 Å². The second kappa shape index (κ2) is 4.75. The number of nitrogens with zero attached hydrogens (tertiary/aromatic N) is 2. The molecule has 2 aromatic rings. The van der Waals surface area contributed by atoms with Gasteiger partial charge in [-0.1, -0.05) is 13.8 Å². The van der Waals surface area contributed by atoms with E-state index in [1.54, 1.807) is 6.07 Å². The molecule has 0 aliphatic carbocycles. The number of aromatic hydroxyl groups is 1. The predicted octanol–water partition coefficient (Wildman–Crippen LogP) is 2.42. The summed E-state index contributed by atoms with van der Waals surface area (Å²) in [5.41, 5.74) is 2.78. The summed E-state index contributed by atoms with van der Waals surface area (Å²) in [7, 11) is 0. The fourth-order valence-corrected chi connectivity index (χ4v) is 2.07. The summed E-state index contributed by atoms with van der Waals surface area (Å²) in [4.78, 5) is 9.91. The number of phenolic OH excluding ortho intramolecular Hbond substituents is 1. The summed E-state index contributed by atoms with van der Waals surface area (Å²) < 4.78 is 0. The van der Waals surface area contributed by atoms with Crippen molar-refractivity contribution in [2.45, 2.75) is 27.3 Å². The number of rotatable bonds is 4. The van der Waals surface area contributed by atoms with E-state index in [0.29, 0.717) is 5.75 Å². The largest absolute Gasteiger partial charge is 0.508 e. The predicted molar refractivity (Wildman–Crippen MR) is 69.1 cm³/mol. The molecule has 0 unspecified atom stereocenters. The van der Waals surface area contributed by atoms with Gasteiger partial charge in [0.2, 0.25) is 0 Å². The number of fused-ring (bicyclic) bond motifs is 1. The van der Waals surface area contributed by atoms with Crippen molar-refractivity contribution in [3.8, 4) is 5.75 Å². The highest BCUT2D eigenvalue weighted by Crippen LogP contribution is 2.26. The fraction of sp³-hybridized carbons (Fsp3) is 0.462. The molecule has 0 saturated carbocycles. The van der Waals surface area contributed by atoms with Crippen LogP contribution in [0.1, 0.15) is 25.2 Å². The highest BCUT2D eigenvalue weighted by Gasteiger charge is 2.12. The smallest absolute Gasteiger partial charge is 0.122 e. The quantitative estimate of drug-likeness (QED) is 0.852. The number of phenols is 1. The third-order valence-electron chi connectivity index (χ3n) is 3.13. The first-order valence-electron chi connectivity index (χ1n) is 6.05. The third kappa shape index (κ3) is 2.26. The number of aryl methyl sites for hydroxylation is 1. The van der Waals surface area contributed by atoms with Gasteiger partial charge >= 0.3 is 0 Å². The van der Waals surface area contributed by atoms with Gasteiger partial charge in [-0.3, -0.25) is 4.90 Å². The molecule has 0 aliphatic heterocycles. The first-order chi connectivity index (χ1) is 8.15. The van der Waals surface area contributed by atoms with Crippen molar-refractivity contribution in [2.75, 3.05) is 13.1 Å². The Bertz CT molecular complexity index is 515. The van der Waals surface area contributed by atoms with Crippen molar-refractivity contribution in [1.29, 1.82) is 0 Å². The Labute approximate surface area is 101 Å². The Balaban J connectivity index is 2.46. The molecule has 1 heterocycles. The van der Waals surface area contributed by atoms with Crippen LogP contribution < -0.4 is 0 Å². The molecule has 4 nitrogen and oxygen atoms in total. The number of hydrogen-bond acceptors (Lipinski definition) is 3. The molecule has 1 aromatic carbocycles. The second-order valence-electron chi connectivity index (χ2n) is 4.24. The Morgan fingerprint density at radius 1 is 1.29 bits per heavy atom. The molecule has 0 radical (unpaired) electrons. The van der Waals surface area contributed by atoms with Crippen LogP contribution in [0.5, 0.6) is 5.75 Å². The van der Waals surface area contributed by atoms with Gasteiger partial charge in [0.15, 0.2) is 0 Å². The lowest BCUT2D eigenvalue weighted by Gasteiger charge is -2.18. The van der Waals surface area contributed by atoms with E-state index in [1.807, 2.05) is 13.0 Å². The molecule has 2 N–H and O–H groups in total. The summed E-state index contributed by atoms with van der Waals surface area (Å²) in [6, 6.07) is 3.61. The van der Waals surface area contributed by atoms with Crippen molar-refractivity contribution in [2.24, 2.45) is 0 Å². The molecule has 0 saturated heterocycles. The summed E-state index contributed by atoms with van der Waals surface area (Å²) in [6.45, 7) is 8.84. The second-order valence-corrected chi connectivity index (χ2v) is 4.24. The lowest BCUT2D eigenvalue weighted by molar-refractivity contribution is 0.292. The van der Waals surface area contributed by atoms with Crippen LogP contribution in [0.3, 0.4) is 0 Å². The monoisotopic (exact) mass is 233 g/mol. The molecule has 0 fully saturated rings. The summed E-state index contributed by atoms with van der Waals surface area (Å²) in [5.74, 6) is 1.21. The van der Waals surface area contributed by atoms with Gasteiger partial charge in [-0.15, -0.1) is 0 Å². The number of nitrogens with one attached hydrogen (secondary N) is 1. The van der Waals surface area contributed by atoms with Crippen LogP contribution in [0.15, 0.2) is 12.1 Å². The molecule has 0 aliphatic rings. The zero-order valence-corrected chi connectivity index (χ0v) is 10.6. The topological polar surface area (TPSA) is 52.1 Å². The van der Waals surface area contributed by atoms with Crippen LogP contribution in [0.25, 0.3) is 11.0 Å². The first kappa shape index (κ1) is 11.9. The Hall–Kier alpha value is -1.55. The Kier molecular flexibility index (Phi) is 3.33. The van der Waals surface area contributed by atoms with Gasteiger partial charge in [-0.05, 0) is 32.1 Å². The minimum atomic E-state index is 0.330. The van der Waals surface area contributed by atoms with E-state index in [-0.39, 0.29) is 0 Å². The lowest BCUT2D eigenvalue weighted by atomic mass is 10.1. The van der Waals surface area contributed by atoms with Crippen LogP contribution in [0.4, 0.5) is 0 Å². The van der Waals surface area contributed by atoms with E-state index in [4.69, 9.17) is 0 Å². The Morgan fingerprint density at radius 2 is 2.00 bits per heavy atom. The van der Waals surface area contributed by atoms with E-state index in [0.717, 1.165) is 42.1 Å². The van der Waals surface area contributed by atoms with Gasteiger partial charge in [-0.2, -0.15) is 0 Å². The minimum absolute atomic E-state index is 0.330. The number of H-pyrrole nitrogens is 1. The first-order valence-corrected chi connectivity index (χ1v) is 6.05. The molecule has 92 valence electrons. The maximum atomic E-state index is 9.98. The molecule has 4 heteroatoms. The van der Waals surface area contributed by atoms with Crippen molar-refractivity contribution >= 4 is 11.0 Å². The normalized spacial score (nSPS) is 11.5. The van der Waals surface area contributed by atoms with Gasteiger partial charge in [0.1, 0.15) is 11.6 Å². The molecule has 0 bridgehead atoms. The zero-order chi connectivity index (χ0) is 12.4. The van der Waals surface area contributed by atoms with Crippen LogP contribution >= 0.6 is 0 Å². The number of hydrogen-bond donors (Lipinski definition) is 2. The minimum Gasteiger partial charge on any atom is -0.508 e. The Morgan fingerprint density at radius 3 is 2.65 bits per heavy atom. The van der Waals surface area contributed by atoms with Gasteiger partial charge in [-0.25, -0.2) is 4.98 Å². The van der Waals surface area contributed by atoms with E-state index < -0.39 is 0 Å². The lowest BCUT2D eigenvalue weighted by Crippen LogP contribution is -2.22. The van der Waals surface area contributed by atoms with Crippen molar-refractivity contribution in [3.63, 3.8) is 0 Å². The van der Waals surface area contributed by atoms with Crippen LogP contribution in [-0.4, -0.2) is 33.1 Å². The number of imidazole rings is 1. The average Bonchev–Trinajstić information content (AvgIpc) is 2.69. The molecular weight excluding hydrogens is 214 g/mol. The number of benzene rings is 1. The van der Waals surface area contributed by atoms with Crippen LogP contribution in [-0.2, 0) is 6.54 Å². The maximum absolute atomic E-state index is 9.98. The number of aromatic amines is 1. The summed E-state index contributed by atoms with van der Waals surface area (Å²) in [5, 5.41) is 9.98.